The second-order valence-corrected chi connectivity index (χ2v) is 6.83. The van der Waals surface area contributed by atoms with Gasteiger partial charge in [0.15, 0.2) is 0 Å². The molecular weight excluding hydrogens is 248 g/mol. The van der Waals surface area contributed by atoms with E-state index in [1.54, 1.807) is 11.8 Å². The van der Waals surface area contributed by atoms with Gasteiger partial charge in [0.05, 0.1) is 11.1 Å². The van der Waals surface area contributed by atoms with Gasteiger partial charge in [-0.1, -0.05) is 13.8 Å². The van der Waals surface area contributed by atoms with Crippen molar-refractivity contribution in [1.29, 1.82) is 0 Å². The molecule has 18 heavy (non-hydrogen) atoms. The zero-order valence-corrected chi connectivity index (χ0v) is 11.6. The molecule has 0 fully saturated rings. The molecule has 2 aliphatic heterocycles. The van der Waals surface area contributed by atoms with E-state index in [1.807, 2.05) is 20.8 Å². The molecule has 1 atom stereocenters. The van der Waals surface area contributed by atoms with E-state index in [2.05, 4.69) is 13.0 Å². The van der Waals surface area contributed by atoms with Crippen molar-refractivity contribution in [3.8, 4) is 0 Å². The second kappa shape index (κ2) is 3.38. The van der Waals surface area contributed by atoms with Gasteiger partial charge in [-0.15, -0.1) is 11.8 Å². The largest absolute Gasteiger partial charge is 0.386 e. The number of carbonyl (C=O) groups excluding carboxylic acids is 2. The molecule has 4 heteroatoms. The molecule has 0 bridgehead atoms. The third-order valence-corrected chi connectivity index (χ3v) is 5.46. The summed E-state index contributed by atoms with van der Waals surface area (Å²) in [5, 5.41) is 0.203. The molecule has 3 nitrogen and oxygen atoms in total. The Hall–Kier alpha value is -1.29. The fraction of sp³-hybridized carbons (Fsp3) is 0.429. The van der Waals surface area contributed by atoms with Crippen LogP contribution in [0.5, 0.6) is 0 Å². The number of hydrogen-bond donors (Lipinski definition) is 0. The van der Waals surface area contributed by atoms with Crippen LogP contribution in [0.1, 0.15) is 27.7 Å². The molecule has 2 heterocycles. The predicted octanol–water partition coefficient (Wildman–Crippen LogP) is 2.74. The van der Waals surface area contributed by atoms with E-state index in [0.717, 1.165) is 11.1 Å². The van der Waals surface area contributed by atoms with Gasteiger partial charge in [-0.2, -0.15) is 0 Å². The number of esters is 2. The van der Waals surface area contributed by atoms with Crippen molar-refractivity contribution in [1.82, 2.24) is 0 Å². The number of cyclic esters (lactones) is 2. The van der Waals surface area contributed by atoms with Crippen LogP contribution in [0.4, 0.5) is 0 Å². The Balaban J connectivity index is 2.30. The molecule has 0 saturated heterocycles. The fourth-order valence-electron chi connectivity index (χ4n) is 3.01. The monoisotopic (exact) mass is 262 g/mol. The standard InChI is InChI=1S/C14H14O3S/c1-6-5-8-7(2)9-10(13(16)17-12(9)15)14(3,4)11(8)18-6/h5,11H,1-4H3. The quantitative estimate of drug-likeness (QED) is 0.497. The van der Waals surface area contributed by atoms with Crippen molar-refractivity contribution >= 4 is 23.7 Å². The van der Waals surface area contributed by atoms with Crippen LogP contribution in [-0.2, 0) is 14.3 Å². The van der Waals surface area contributed by atoms with Crippen LogP contribution in [0.15, 0.2) is 33.3 Å². The van der Waals surface area contributed by atoms with Crippen LogP contribution < -0.4 is 0 Å². The Kier molecular flexibility index (Phi) is 2.21. The van der Waals surface area contributed by atoms with Crippen LogP contribution in [0.2, 0.25) is 0 Å². The van der Waals surface area contributed by atoms with Gasteiger partial charge in [0.2, 0.25) is 0 Å². The summed E-state index contributed by atoms with van der Waals surface area (Å²) < 4.78 is 4.79. The molecule has 0 spiro atoms. The van der Waals surface area contributed by atoms with E-state index >= 15 is 0 Å². The topological polar surface area (TPSA) is 43.4 Å². The fourth-order valence-corrected chi connectivity index (χ4v) is 4.36. The second-order valence-electron chi connectivity index (χ2n) is 5.48. The van der Waals surface area contributed by atoms with Crippen LogP contribution in [0, 0.1) is 5.41 Å². The number of thioether (sulfide) groups is 1. The molecule has 3 aliphatic rings. The lowest BCUT2D eigenvalue weighted by Crippen LogP contribution is -2.35. The van der Waals surface area contributed by atoms with Gasteiger partial charge >= 0.3 is 11.9 Å². The Morgan fingerprint density at radius 1 is 1.22 bits per heavy atom. The molecule has 0 aromatic rings. The highest BCUT2D eigenvalue weighted by molar-refractivity contribution is 8.04. The van der Waals surface area contributed by atoms with Crippen LogP contribution in [0.25, 0.3) is 0 Å². The summed E-state index contributed by atoms with van der Waals surface area (Å²) in [7, 11) is 0. The summed E-state index contributed by atoms with van der Waals surface area (Å²) in [4.78, 5) is 25.0. The smallest absolute Gasteiger partial charge is 0.346 e. The van der Waals surface area contributed by atoms with Gasteiger partial charge in [0, 0.05) is 10.7 Å². The SMILES string of the molecule is CC1=CC2=C(C)C3=C(C(=O)OC3=O)C(C)(C)C2S1. The van der Waals surface area contributed by atoms with Crippen molar-refractivity contribution in [2.24, 2.45) is 5.41 Å². The maximum atomic E-state index is 11.9. The normalized spacial score (nSPS) is 29.3. The zero-order valence-electron chi connectivity index (χ0n) is 10.8. The molecule has 0 aromatic heterocycles. The van der Waals surface area contributed by atoms with Crippen molar-refractivity contribution in [3.05, 3.63) is 33.3 Å². The van der Waals surface area contributed by atoms with E-state index in [9.17, 15) is 9.59 Å². The molecule has 1 aliphatic carbocycles. The summed E-state index contributed by atoms with van der Waals surface area (Å²) in [6, 6.07) is 0. The molecule has 0 amide bonds. The molecule has 94 valence electrons. The van der Waals surface area contributed by atoms with E-state index < -0.39 is 11.9 Å². The van der Waals surface area contributed by atoms with Gasteiger partial charge < -0.3 is 4.74 Å². The Labute approximate surface area is 110 Å². The molecule has 3 rings (SSSR count). The molecular formula is C14H14O3S. The summed E-state index contributed by atoms with van der Waals surface area (Å²) in [6.07, 6.45) is 2.12. The Morgan fingerprint density at radius 3 is 2.56 bits per heavy atom. The minimum Gasteiger partial charge on any atom is -0.386 e. The molecule has 0 saturated carbocycles. The maximum absolute atomic E-state index is 11.9. The van der Waals surface area contributed by atoms with Crippen LogP contribution in [-0.4, -0.2) is 17.2 Å². The average Bonchev–Trinajstić information content (AvgIpc) is 2.77. The van der Waals surface area contributed by atoms with E-state index in [0.29, 0.717) is 11.1 Å². The summed E-state index contributed by atoms with van der Waals surface area (Å²) in [5.41, 5.74) is 2.73. The first-order chi connectivity index (χ1) is 8.34. The van der Waals surface area contributed by atoms with Crippen molar-refractivity contribution < 1.29 is 14.3 Å². The van der Waals surface area contributed by atoms with E-state index in [1.165, 1.54) is 4.91 Å². The number of ether oxygens (including phenoxy) is 1. The van der Waals surface area contributed by atoms with Crippen LogP contribution >= 0.6 is 11.8 Å². The minimum atomic E-state index is -0.491. The highest BCUT2D eigenvalue weighted by Crippen LogP contribution is 2.55. The van der Waals surface area contributed by atoms with Gasteiger partial charge in [-0.3, -0.25) is 0 Å². The molecule has 0 aromatic carbocycles. The molecule has 0 N–H and O–H groups in total. The lowest BCUT2D eigenvalue weighted by atomic mass is 9.70. The molecule has 0 radical (unpaired) electrons. The predicted molar refractivity (Wildman–Crippen MR) is 69.7 cm³/mol. The highest BCUT2D eigenvalue weighted by atomic mass is 32.2. The maximum Gasteiger partial charge on any atom is 0.346 e. The Morgan fingerprint density at radius 2 is 1.89 bits per heavy atom. The number of fused-ring (bicyclic) bond motifs is 1. The number of allylic oxidation sites excluding steroid dienone is 2. The summed E-state index contributed by atoms with van der Waals surface area (Å²) >= 11 is 1.76. The zero-order chi connectivity index (χ0) is 13.2. The number of carbonyl (C=O) groups is 2. The highest BCUT2D eigenvalue weighted by Gasteiger charge is 2.52. The lowest BCUT2D eigenvalue weighted by molar-refractivity contribution is -0.151. The van der Waals surface area contributed by atoms with Crippen molar-refractivity contribution in [2.75, 3.05) is 0 Å². The average molecular weight is 262 g/mol. The first-order valence-electron chi connectivity index (χ1n) is 5.91. The third-order valence-electron chi connectivity index (χ3n) is 3.90. The molecule has 1 unspecified atom stereocenters. The van der Waals surface area contributed by atoms with Gasteiger partial charge in [0.25, 0.3) is 0 Å². The van der Waals surface area contributed by atoms with E-state index in [-0.39, 0.29) is 10.7 Å². The van der Waals surface area contributed by atoms with E-state index in [4.69, 9.17) is 4.74 Å². The summed E-state index contributed by atoms with van der Waals surface area (Å²) in [5.74, 6) is -0.960. The van der Waals surface area contributed by atoms with Gasteiger partial charge in [-0.05, 0) is 36.0 Å². The summed E-state index contributed by atoms with van der Waals surface area (Å²) in [6.45, 7) is 7.99. The Bertz CT molecular complexity index is 590. The first-order valence-corrected chi connectivity index (χ1v) is 6.79. The number of hydrogen-bond acceptors (Lipinski definition) is 4. The van der Waals surface area contributed by atoms with Crippen LogP contribution in [0.3, 0.4) is 0 Å². The van der Waals surface area contributed by atoms with Gasteiger partial charge in [0.1, 0.15) is 0 Å². The van der Waals surface area contributed by atoms with Crippen molar-refractivity contribution in [3.63, 3.8) is 0 Å². The minimum absolute atomic E-state index is 0.203. The third kappa shape index (κ3) is 1.27. The van der Waals surface area contributed by atoms with Gasteiger partial charge in [-0.25, -0.2) is 9.59 Å². The number of rotatable bonds is 0. The first kappa shape index (κ1) is 11.8. The van der Waals surface area contributed by atoms with Crippen molar-refractivity contribution in [2.45, 2.75) is 32.9 Å². The lowest BCUT2D eigenvalue weighted by Gasteiger charge is -2.36.